The number of hydrogen-bond donors (Lipinski definition) is 0. The third kappa shape index (κ3) is 3.25. The van der Waals surface area contributed by atoms with Crippen LogP contribution in [0.4, 0.5) is 0 Å². The summed E-state index contributed by atoms with van der Waals surface area (Å²) in [4.78, 5) is 2.53. The van der Waals surface area contributed by atoms with Gasteiger partial charge < -0.3 is 9.64 Å². The fourth-order valence-corrected chi connectivity index (χ4v) is 2.59. The van der Waals surface area contributed by atoms with Crippen molar-refractivity contribution in [3.05, 3.63) is 0 Å². The Morgan fingerprint density at radius 2 is 1.64 bits per heavy atom. The van der Waals surface area contributed by atoms with Crippen LogP contribution in [0.25, 0.3) is 0 Å². The highest BCUT2D eigenvalue weighted by Crippen LogP contribution is 2.20. The molecule has 2 fully saturated rings. The molecule has 1 saturated carbocycles. The lowest BCUT2D eigenvalue weighted by Gasteiger charge is -2.23. The molecule has 1 saturated heterocycles. The maximum absolute atomic E-state index is 5.90. The molecule has 2 rings (SSSR count). The van der Waals surface area contributed by atoms with Crippen molar-refractivity contribution in [2.24, 2.45) is 0 Å². The second kappa shape index (κ2) is 5.72. The van der Waals surface area contributed by atoms with Crippen molar-refractivity contribution in [2.45, 2.75) is 51.0 Å². The van der Waals surface area contributed by atoms with E-state index in [0.717, 1.165) is 13.2 Å². The Labute approximate surface area is 87.6 Å². The summed E-state index contributed by atoms with van der Waals surface area (Å²) in [5.41, 5.74) is 0. The third-order valence-electron chi connectivity index (χ3n) is 3.51. The molecule has 0 amide bonds. The summed E-state index contributed by atoms with van der Waals surface area (Å²) in [5, 5.41) is 0. The molecule has 14 heavy (non-hydrogen) atoms. The Morgan fingerprint density at radius 1 is 0.929 bits per heavy atom. The van der Waals surface area contributed by atoms with Crippen molar-refractivity contribution in [1.82, 2.24) is 4.90 Å². The van der Waals surface area contributed by atoms with E-state index in [2.05, 4.69) is 4.90 Å². The lowest BCUT2D eigenvalue weighted by molar-refractivity contribution is 0.0188. The van der Waals surface area contributed by atoms with Crippen molar-refractivity contribution in [3.8, 4) is 0 Å². The highest BCUT2D eigenvalue weighted by molar-refractivity contribution is 4.68. The minimum absolute atomic E-state index is 0.589. The molecule has 0 atom stereocenters. The standard InChI is InChI=1S/C12H23NO/c1-2-6-12(7-3-1)14-11-10-13-8-4-5-9-13/h12H,1-11H2. The summed E-state index contributed by atoms with van der Waals surface area (Å²) in [6.45, 7) is 4.73. The van der Waals surface area contributed by atoms with Crippen LogP contribution in [-0.2, 0) is 4.74 Å². The molecular formula is C12H23NO. The summed E-state index contributed by atoms with van der Waals surface area (Å²) in [6.07, 6.45) is 10.2. The first kappa shape index (κ1) is 10.4. The largest absolute Gasteiger partial charge is 0.377 e. The molecule has 1 aliphatic carbocycles. The van der Waals surface area contributed by atoms with E-state index < -0.39 is 0 Å². The molecule has 2 heteroatoms. The van der Waals surface area contributed by atoms with E-state index in [1.165, 1.54) is 58.0 Å². The van der Waals surface area contributed by atoms with E-state index in [1.54, 1.807) is 0 Å². The lowest BCUT2D eigenvalue weighted by atomic mass is 9.98. The summed E-state index contributed by atoms with van der Waals surface area (Å²) in [5.74, 6) is 0. The van der Waals surface area contributed by atoms with E-state index in [0.29, 0.717) is 6.10 Å². The van der Waals surface area contributed by atoms with Gasteiger partial charge >= 0.3 is 0 Å². The van der Waals surface area contributed by atoms with Gasteiger partial charge in [-0.3, -0.25) is 0 Å². The van der Waals surface area contributed by atoms with Gasteiger partial charge in [-0.25, -0.2) is 0 Å². The smallest absolute Gasteiger partial charge is 0.0597 e. The molecular weight excluding hydrogens is 174 g/mol. The van der Waals surface area contributed by atoms with Gasteiger partial charge in [0.05, 0.1) is 12.7 Å². The highest BCUT2D eigenvalue weighted by atomic mass is 16.5. The van der Waals surface area contributed by atoms with Gasteiger partial charge in [-0.15, -0.1) is 0 Å². The first-order valence-corrected chi connectivity index (χ1v) is 6.29. The van der Waals surface area contributed by atoms with Gasteiger partial charge in [-0.05, 0) is 38.8 Å². The zero-order valence-electron chi connectivity index (χ0n) is 9.21. The van der Waals surface area contributed by atoms with Gasteiger partial charge in [0.2, 0.25) is 0 Å². The van der Waals surface area contributed by atoms with E-state index in [4.69, 9.17) is 4.74 Å². The Kier molecular flexibility index (Phi) is 4.26. The zero-order valence-corrected chi connectivity index (χ0v) is 9.21. The van der Waals surface area contributed by atoms with Crippen LogP contribution in [0.5, 0.6) is 0 Å². The average molecular weight is 197 g/mol. The van der Waals surface area contributed by atoms with Gasteiger partial charge in [0.1, 0.15) is 0 Å². The number of nitrogens with zero attached hydrogens (tertiary/aromatic N) is 1. The maximum Gasteiger partial charge on any atom is 0.0597 e. The maximum atomic E-state index is 5.90. The van der Waals surface area contributed by atoms with Crippen LogP contribution < -0.4 is 0 Å². The normalized spacial score (nSPS) is 25.7. The fourth-order valence-electron chi connectivity index (χ4n) is 2.59. The van der Waals surface area contributed by atoms with Crippen LogP contribution in [0, 0.1) is 0 Å². The van der Waals surface area contributed by atoms with Crippen LogP contribution in [0.1, 0.15) is 44.9 Å². The minimum atomic E-state index is 0.589. The molecule has 0 unspecified atom stereocenters. The molecule has 0 aromatic heterocycles. The first-order valence-electron chi connectivity index (χ1n) is 6.29. The quantitative estimate of drug-likeness (QED) is 0.686. The molecule has 0 aromatic rings. The molecule has 82 valence electrons. The van der Waals surface area contributed by atoms with Crippen molar-refractivity contribution < 1.29 is 4.74 Å². The summed E-state index contributed by atoms with van der Waals surface area (Å²) in [7, 11) is 0. The average Bonchev–Trinajstić information content (AvgIpc) is 2.72. The second-order valence-corrected chi connectivity index (χ2v) is 4.68. The Hall–Kier alpha value is -0.0800. The number of ether oxygens (including phenoxy) is 1. The Bertz CT molecular complexity index is 148. The van der Waals surface area contributed by atoms with E-state index in [9.17, 15) is 0 Å². The van der Waals surface area contributed by atoms with Gasteiger partial charge in [0.25, 0.3) is 0 Å². The van der Waals surface area contributed by atoms with Gasteiger partial charge in [-0.2, -0.15) is 0 Å². The number of rotatable bonds is 4. The van der Waals surface area contributed by atoms with E-state index >= 15 is 0 Å². The van der Waals surface area contributed by atoms with Crippen LogP contribution in [0.2, 0.25) is 0 Å². The van der Waals surface area contributed by atoms with E-state index in [-0.39, 0.29) is 0 Å². The Balaban J connectivity index is 1.52. The predicted molar refractivity (Wildman–Crippen MR) is 58.5 cm³/mol. The molecule has 1 aliphatic heterocycles. The SMILES string of the molecule is C1CCC(OCCN2CCCC2)CC1. The van der Waals surface area contributed by atoms with Crippen LogP contribution in [-0.4, -0.2) is 37.2 Å². The van der Waals surface area contributed by atoms with Crippen LogP contribution in [0.3, 0.4) is 0 Å². The van der Waals surface area contributed by atoms with Crippen molar-refractivity contribution >= 4 is 0 Å². The molecule has 0 aromatic carbocycles. The zero-order chi connectivity index (χ0) is 9.64. The lowest BCUT2D eigenvalue weighted by Crippen LogP contribution is -2.27. The van der Waals surface area contributed by atoms with Crippen LogP contribution in [0.15, 0.2) is 0 Å². The van der Waals surface area contributed by atoms with Gasteiger partial charge in [-0.1, -0.05) is 19.3 Å². The number of likely N-dealkylation sites (tertiary alicyclic amines) is 1. The highest BCUT2D eigenvalue weighted by Gasteiger charge is 2.15. The molecule has 0 N–H and O–H groups in total. The molecule has 0 bridgehead atoms. The molecule has 0 radical (unpaired) electrons. The minimum Gasteiger partial charge on any atom is -0.377 e. The predicted octanol–water partition coefficient (Wildman–Crippen LogP) is 2.43. The summed E-state index contributed by atoms with van der Waals surface area (Å²) in [6, 6.07) is 0. The molecule has 2 nitrogen and oxygen atoms in total. The van der Waals surface area contributed by atoms with Gasteiger partial charge in [0, 0.05) is 6.54 Å². The topological polar surface area (TPSA) is 12.5 Å². The Morgan fingerprint density at radius 3 is 2.36 bits per heavy atom. The fraction of sp³-hybridized carbons (Fsp3) is 1.00. The first-order chi connectivity index (χ1) is 6.95. The summed E-state index contributed by atoms with van der Waals surface area (Å²) < 4.78 is 5.90. The molecule has 1 heterocycles. The molecule has 2 aliphatic rings. The van der Waals surface area contributed by atoms with Crippen molar-refractivity contribution in [2.75, 3.05) is 26.2 Å². The summed E-state index contributed by atoms with van der Waals surface area (Å²) >= 11 is 0. The second-order valence-electron chi connectivity index (χ2n) is 4.68. The monoisotopic (exact) mass is 197 g/mol. The van der Waals surface area contributed by atoms with Gasteiger partial charge in [0.15, 0.2) is 0 Å². The van der Waals surface area contributed by atoms with Crippen molar-refractivity contribution in [1.29, 1.82) is 0 Å². The van der Waals surface area contributed by atoms with Crippen molar-refractivity contribution in [3.63, 3.8) is 0 Å². The van der Waals surface area contributed by atoms with Crippen LogP contribution >= 0.6 is 0 Å². The van der Waals surface area contributed by atoms with E-state index in [1.807, 2.05) is 0 Å². The molecule has 0 spiro atoms. The number of hydrogen-bond acceptors (Lipinski definition) is 2. The third-order valence-corrected chi connectivity index (χ3v) is 3.51.